The van der Waals surface area contributed by atoms with Crippen molar-refractivity contribution in [3.05, 3.63) is 57.0 Å². The second kappa shape index (κ2) is 7.90. The number of aliphatic hydroxyl groups is 1. The third-order valence-corrected chi connectivity index (χ3v) is 4.17. The highest BCUT2D eigenvalue weighted by molar-refractivity contribution is 9.10. The molecule has 2 aromatic carbocycles. The first-order valence-corrected chi connectivity index (χ1v) is 7.85. The van der Waals surface area contributed by atoms with Gasteiger partial charge in [-0.05, 0) is 40.2 Å². The molecule has 21 heavy (non-hydrogen) atoms. The van der Waals surface area contributed by atoms with Crippen LogP contribution in [-0.4, -0.2) is 24.4 Å². The zero-order valence-electron chi connectivity index (χ0n) is 11.0. The number of rotatable bonds is 6. The smallest absolute Gasteiger partial charge is 0.121 e. The van der Waals surface area contributed by atoms with Gasteiger partial charge in [0.2, 0.25) is 0 Å². The largest absolute Gasteiger partial charge is 0.491 e. The van der Waals surface area contributed by atoms with E-state index in [1.165, 1.54) is 0 Å². The fourth-order valence-corrected chi connectivity index (χ4v) is 2.36. The molecule has 2 rings (SSSR count). The van der Waals surface area contributed by atoms with Crippen molar-refractivity contribution in [3.8, 4) is 5.75 Å². The third-order valence-electron chi connectivity index (χ3n) is 2.74. The van der Waals surface area contributed by atoms with Crippen LogP contribution in [0.1, 0.15) is 0 Å². The number of halogens is 3. The minimum atomic E-state index is -0.647. The second-order valence-corrected chi connectivity index (χ2v) is 6.07. The van der Waals surface area contributed by atoms with Crippen molar-refractivity contribution in [1.82, 2.24) is 0 Å². The van der Waals surface area contributed by atoms with Gasteiger partial charge < -0.3 is 15.2 Å². The van der Waals surface area contributed by atoms with E-state index in [1.807, 2.05) is 24.3 Å². The zero-order valence-corrected chi connectivity index (χ0v) is 14.1. The summed E-state index contributed by atoms with van der Waals surface area (Å²) in [5.41, 5.74) is 0.922. The maximum absolute atomic E-state index is 9.92. The van der Waals surface area contributed by atoms with Gasteiger partial charge in [-0.3, -0.25) is 0 Å². The summed E-state index contributed by atoms with van der Waals surface area (Å²) in [6, 6.07) is 12.7. The highest BCUT2D eigenvalue weighted by Crippen LogP contribution is 2.26. The average Bonchev–Trinajstić information content (AvgIpc) is 2.47. The summed E-state index contributed by atoms with van der Waals surface area (Å²) in [6.45, 7) is 0.541. The first-order valence-electron chi connectivity index (χ1n) is 6.30. The van der Waals surface area contributed by atoms with Crippen molar-refractivity contribution >= 4 is 44.8 Å². The van der Waals surface area contributed by atoms with Gasteiger partial charge in [-0.2, -0.15) is 0 Å². The Hall–Kier alpha value is -0.940. The summed E-state index contributed by atoms with van der Waals surface area (Å²) < 4.78 is 6.42. The van der Waals surface area contributed by atoms with E-state index in [-0.39, 0.29) is 6.61 Å². The summed E-state index contributed by atoms with van der Waals surface area (Å²) >= 11 is 15.2. The van der Waals surface area contributed by atoms with E-state index >= 15 is 0 Å². The van der Waals surface area contributed by atoms with Crippen molar-refractivity contribution in [2.24, 2.45) is 0 Å². The number of hydrogen-bond acceptors (Lipinski definition) is 3. The van der Waals surface area contributed by atoms with Gasteiger partial charge in [0.15, 0.2) is 0 Å². The molecule has 0 radical (unpaired) electrons. The summed E-state index contributed by atoms with van der Waals surface area (Å²) in [4.78, 5) is 0. The van der Waals surface area contributed by atoms with Crippen molar-refractivity contribution < 1.29 is 9.84 Å². The normalized spacial score (nSPS) is 12.0. The SMILES string of the molecule is OC(CNc1ccccc1Br)COc1ccc(Cl)c(Cl)c1. The van der Waals surface area contributed by atoms with Gasteiger partial charge in [0, 0.05) is 22.8 Å². The molecule has 0 heterocycles. The molecular formula is C15H14BrCl2NO2. The van der Waals surface area contributed by atoms with Gasteiger partial charge in [0.1, 0.15) is 18.5 Å². The summed E-state index contributed by atoms with van der Waals surface area (Å²) in [5.74, 6) is 0.573. The fraction of sp³-hybridized carbons (Fsp3) is 0.200. The minimum absolute atomic E-state index is 0.162. The number of aliphatic hydroxyl groups excluding tert-OH is 1. The standard InChI is InChI=1S/C15H14BrCl2NO2/c16-12-3-1-2-4-15(12)19-8-10(20)9-21-11-5-6-13(17)14(18)7-11/h1-7,10,19-20H,8-9H2. The molecule has 3 nitrogen and oxygen atoms in total. The predicted molar refractivity (Wildman–Crippen MR) is 90.6 cm³/mol. The first kappa shape index (κ1) is 16.4. The van der Waals surface area contributed by atoms with Crippen molar-refractivity contribution in [2.45, 2.75) is 6.10 Å². The highest BCUT2D eigenvalue weighted by atomic mass is 79.9. The average molecular weight is 391 g/mol. The first-order chi connectivity index (χ1) is 10.1. The number of anilines is 1. The third kappa shape index (κ3) is 5.08. The molecule has 2 aromatic rings. The molecule has 6 heteroatoms. The number of hydrogen-bond donors (Lipinski definition) is 2. The Morgan fingerprint density at radius 1 is 1.14 bits per heavy atom. The number of ether oxygens (including phenoxy) is 1. The van der Waals surface area contributed by atoms with Crippen LogP contribution in [0, 0.1) is 0 Å². The molecule has 0 bridgehead atoms. The van der Waals surface area contributed by atoms with Crippen LogP contribution in [0.4, 0.5) is 5.69 Å². The van der Waals surface area contributed by atoms with E-state index in [2.05, 4.69) is 21.2 Å². The van der Waals surface area contributed by atoms with Crippen LogP contribution in [0.3, 0.4) is 0 Å². The Balaban J connectivity index is 1.81. The molecule has 0 saturated heterocycles. The lowest BCUT2D eigenvalue weighted by Gasteiger charge is -2.15. The van der Waals surface area contributed by atoms with E-state index in [4.69, 9.17) is 27.9 Å². The Morgan fingerprint density at radius 2 is 1.90 bits per heavy atom. The molecule has 112 valence electrons. The van der Waals surface area contributed by atoms with Crippen LogP contribution in [0.5, 0.6) is 5.75 Å². The van der Waals surface area contributed by atoms with Crippen LogP contribution in [0.2, 0.25) is 10.0 Å². The molecular weight excluding hydrogens is 377 g/mol. The van der Waals surface area contributed by atoms with Crippen molar-refractivity contribution in [1.29, 1.82) is 0 Å². The Labute approximate surface area is 142 Å². The van der Waals surface area contributed by atoms with E-state index < -0.39 is 6.10 Å². The van der Waals surface area contributed by atoms with Gasteiger partial charge >= 0.3 is 0 Å². The molecule has 0 amide bonds. The topological polar surface area (TPSA) is 41.5 Å². The van der Waals surface area contributed by atoms with E-state index in [9.17, 15) is 5.11 Å². The molecule has 0 aliphatic carbocycles. The van der Waals surface area contributed by atoms with E-state index in [1.54, 1.807) is 18.2 Å². The zero-order chi connectivity index (χ0) is 15.2. The maximum Gasteiger partial charge on any atom is 0.121 e. The molecule has 0 fully saturated rings. The van der Waals surface area contributed by atoms with Gasteiger partial charge in [-0.25, -0.2) is 0 Å². The van der Waals surface area contributed by atoms with Crippen LogP contribution >= 0.6 is 39.1 Å². The van der Waals surface area contributed by atoms with Crippen LogP contribution in [-0.2, 0) is 0 Å². The van der Waals surface area contributed by atoms with Crippen molar-refractivity contribution in [2.75, 3.05) is 18.5 Å². The quantitative estimate of drug-likeness (QED) is 0.756. The lowest BCUT2D eigenvalue weighted by molar-refractivity contribution is 0.117. The fourth-order valence-electron chi connectivity index (χ4n) is 1.65. The number of benzene rings is 2. The monoisotopic (exact) mass is 389 g/mol. The van der Waals surface area contributed by atoms with Gasteiger partial charge in [-0.15, -0.1) is 0 Å². The molecule has 0 aromatic heterocycles. The molecule has 0 aliphatic rings. The maximum atomic E-state index is 9.92. The molecule has 1 atom stereocenters. The second-order valence-electron chi connectivity index (χ2n) is 4.40. The molecule has 0 spiro atoms. The molecule has 2 N–H and O–H groups in total. The Bertz CT molecular complexity index is 610. The summed E-state index contributed by atoms with van der Waals surface area (Å²) in [6.07, 6.45) is -0.647. The minimum Gasteiger partial charge on any atom is -0.491 e. The van der Waals surface area contributed by atoms with Crippen LogP contribution in [0.25, 0.3) is 0 Å². The Morgan fingerprint density at radius 3 is 2.62 bits per heavy atom. The van der Waals surface area contributed by atoms with Crippen molar-refractivity contribution in [3.63, 3.8) is 0 Å². The predicted octanol–water partition coefficient (Wildman–Crippen LogP) is 4.61. The van der Waals surface area contributed by atoms with E-state index in [0.717, 1.165) is 10.2 Å². The lowest BCUT2D eigenvalue weighted by atomic mass is 10.3. The van der Waals surface area contributed by atoms with Gasteiger partial charge in [0.25, 0.3) is 0 Å². The molecule has 1 unspecified atom stereocenters. The van der Waals surface area contributed by atoms with E-state index in [0.29, 0.717) is 22.3 Å². The lowest BCUT2D eigenvalue weighted by Crippen LogP contribution is -2.26. The number of nitrogens with one attached hydrogen (secondary N) is 1. The van der Waals surface area contributed by atoms with Gasteiger partial charge in [0.05, 0.1) is 10.0 Å². The Kier molecular flexibility index (Phi) is 6.18. The highest BCUT2D eigenvalue weighted by Gasteiger charge is 2.07. The molecule has 0 aliphatic heterocycles. The molecule has 0 saturated carbocycles. The van der Waals surface area contributed by atoms with Crippen LogP contribution < -0.4 is 10.1 Å². The van der Waals surface area contributed by atoms with Gasteiger partial charge in [-0.1, -0.05) is 35.3 Å². The van der Waals surface area contributed by atoms with Crippen LogP contribution in [0.15, 0.2) is 46.9 Å². The summed E-state index contributed by atoms with van der Waals surface area (Å²) in [5, 5.41) is 14.0. The summed E-state index contributed by atoms with van der Waals surface area (Å²) in [7, 11) is 0. The number of para-hydroxylation sites is 1.